The molecule has 0 fully saturated rings. The lowest BCUT2D eigenvalue weighted by atomic mass is 10.2. The van der Waals surface area contributed by atoms with Gasteiger partial charge < -0.3 is 0 Å². The van der Waals surface area contributed by atoms with Crippen LogP contribution in [0.25, 0.3) is 9.75 Å². The van der Waals surface area contributed by atoms with Crippen LogP contribution >= 0.6 is 22.7 Å². The van der Waals surface area contributed by atoms with Crippen LogP contribution in [0.3, 0.4) is 0 Å². The zero-order chi connectivity index (χ0) is 9.97. The summed E-state index contributed by atoms with van der Waals surface area (Å²) in [4.78, 5) is 2.85. The van der Waals surface area contributed by atoms with Gasteiger partial charge >= 0.3 is 0 Å². The average Bonchev–Trinajstić information content (AvgIpc) is 2.86. The second kappa shape index (κ2) is 4.28. The summed E-state index contributed by atoms with van der Waals surface area (Å²) in [5.41, 5.74) is 2.91. The molecule has 2 heteroatoms. The fourth-order valence-corrected chi connectivity index (χ4v) is 3.48. The highest BCUT2D eigenvalue weighted by Crippen LogP contribution is 2.32. The molecule has 0 aliphatic carbocycles. The van der Waals surface area contributed by atoms with Crippen molar-refractivity contribution in [3.63, 3.8) is 0 Å². The molecule has 2 aromatic heterocycles. The molecule has 0 unspecified atom stereocenters. The van der Waals surface area contributed by atoms with Crippen molar-refractivity contribution in [2.75, 3.05) is 0 Å². The van der Waals surface area contributed by atoms with E-state index in [-0.39, 0.29) is 0 Å². The number of thiophene rings is 2. The van der Waals surface area contributed by atoms with E-state index in [4.69, 9.17) is 0 Å². The monoisotopic (exact) mass is 222 g/mol. The number of hydrogen-bond donors (Lipinski definition) is 0. The van der Waals surface area contributed by atoms with Crippen LogP contribution in [0.2, 0.25) is 0 Å². The van der Waals surface area contributed by atoms with E-state index in [1.54, 1.807) is 0 Å². The molecule has 0 bridgehead atoms. The van der Waals surface area contributed by atoms with Crippen molar-refractivity contribution in [1.82, 2.24) is 0 Å². The van der Waals surface area contributed by atoms with Gasteiger partial charge in [-0.05, 0) is 46.9 Å². The van der Waals surface area contributed by atoms with Crippen molar-refractivity contribution >= 4 is 22.7 Å². The summed E-state index contributed by atoms with van der Waals surface area (Å²) in [6.45, 7) is 4.41. The Morgan fingerprint density at radius 2 is 1.29 bits per heavy atom. The third kappa shape index (κ3) is 1.91. The Morgan fingerprint density at radius 1 is 0.857 bits per heavy atom. The SMILES string of the molecule is CCc1csc(-c2cc(CC)cs2)c1. The zero-order valence-corrected chi connectivity index (χ0v) is 10.2. The summed E-state index contributed by atoms with van der Waals surface area (Å²) < 4.78 is 0. The molecule has 0 spiro atoms. The molecule has 14 heavy (non-hydrogen) atoms. The van der Waals surface area contributed by atoms with E-state index in [0.29, 0.717) is 0 Å². The molecule has 74 valence electrons. The van der Waals surface area contributed by atoms with Crippen molar-refractivity contribution in [2.45, 2.75) is 26.7 Å². The standard InChI is InChI=1S/C12H14S2/c1-3-9-5-11(13-7-9)12-6-10(4-2)8-14-12/h5-8H,3-4H2,1-2H3. The van der Waals surface area contributed by atoms with Gasteiger partial charge in [-0.15, -0.1) is 22.7 Å². The van der Waals surface area contributed by atoms with E-state index in [1.807, 2.05) is 22.7 Å². The van der Waals surface area contributed by atoms with Gasteiger partial charge in [0.05, 0.1) is 0 Å². The van der Waals surface area contributed by atoms with Crippen LogP contribution in [0.1, 0.15) is 25.0 Å². The molecule has 2 aromatic rings. The van der Waals surface area contributed by atoms with Gasteiger partial charge in [-0.3, -0.25) is 0 Å². The first-order valence-corrected chi connectivity index (χ1v) is 6.74. The van der Waals surface area contributed by atoms with Gasteiger partial charge in [-0.2, -0.15) is 0 Å². The summed E-state index contributed by atoms with van der Waals surface area (Å²) in [6.07, 6.45) is 2.28. The lowest BCUT2D eigenvalue weighted by molar-refractivity contribution is 1.15. The van der Waals surface area contributed by atoms with Gasteiger partial charge in [0.25, 0.3) is 0 Å². The summed E-state index contributed by atoms with van der Waals surface area (Å²) in [5, 5.41) is 4.53. The van der Waals surface area contributed by atoms with E-state index in [9.17, 15) is 0 Å². The summed E-state index contributed by atoms with van der Waals surface area (Å²) >= 11 is 3.72. The Bertz CT molecular complexity index is 369. The Kier molecular flexibility index (Phi) is 3.04. The molecule has 0 amide bonds. The fourth-order valence-electron chi connectivity index (χ4n) is 1.38. The quantitative estimate of drug-likeness (QED) is 0.712. The summed E-state index contributed by atoms with van der Waals surface area (Å²) in [7, 11) is 0. The second-order valence-corrected chi connectivity index (χ2v) is 5.17. The van der Waals surface area contributed by atoms with Crippen LogP contribution in [0.4, 0.5) is 0 Å². The fraction of sp³-hybridized carbons (Fsp3) is 0.333. The lowest BCUT2D eigenvalue weighted by Gasteiger charge is -1.88. The maximum atomic E-state index is 2.32. The van der Waals surface area contributed by atoms with Crippen LogP contribution in [-0.4, -0.2) is 0 Å². The lowest BCUT2D eigenvalue weighted by Crippen LogP contribution is -1.70. The number of aryl methyl sites for hydroxylation is 2. The molecule has 0 aliphatic rings. The molecular weight excluding hydrogens is 208 g/mol. The van der Waals surface area contributed by atoms with Gasteiger partial charge in [0, 0.05) is 9.75 Å². The van der Waals surface area contributed by atoms with E-state index in [0.717, 1.165) is 12.8 Å². The van der Waals surface area contributed by atoms with Crippen molar-refractivity contribution in [3.8, 4) is 9.75 Å². The molecule has 0 nitrogen and oxygen atoms in total. The molecule has 0 saturated heterocycles. The normalized spacial score (nSPS) is 10.7. The molecule has 0 radical (unpaired) electrons. The van der Waals surface area contributed by atoms with Crippen LogP contribution < -0.4 is 0 Å². The van der Waals surface area contributed by atoms with Gasteiger partial charge in [0.1, 0.15) is 0 Å². The smallest absolute Gasteiger partial charge is 0.0445 e. The maximum Gasteiger partial charge on any atom is 0.0445 e. The second-order valence-electron chi connectivity index (χ2n) is 3.35. The Morgan fingerprint density at radius 3 is 1.57 bits per heavy atom. The molecule has 0 atom stereocenters. The first-order valence-electron chi connectivity index (χ1n) is 4.98. The highest BCUT2D eigenvalue weighted by atomic mass is 32.1. The third-order valence-electron chi connectivity index (χ3n) is 2.37. The molecule has 2 heterocycles. The molecule has 0 aliphatic heterocycles. The average molecular weight is 222 g/mol. The van der Waals surface area contributed by atoms with Crippen LogP contribution in [-0.2, 0) is 12.8 Å². The van der Waals surface area contributed by atoms with E-state index in [1.165, 1.54) is 20.9 Å². The third-order valence-corrected chi connectivity index (χ3v) is 4.52. The maximum absolute atomic E-state index is 2.32. The topological polar surface area (TPSA) is 0 Å². The first-order chi connectivity index (χ1) is 6.83. The molecule has 0 aromatic carbocycles. The van der Waals surface area contributed by atoms with E-state index in [2.05, 4.69) is 36.7 Å². The highest BCUT2D eigenvalue weighted by molar-refractivity contribution is 7.20. The predicted molar refractivity (Wildman–Crippen MR) is 66.4 cm³/mol. The summed E-state index contributed by atoms with van der Waals surface area (Å²) in [6, 6.07) is 4.63. The van der Waals surface area contributed by atoms with E-state index >= 15 is 0 Å². The van der Waals surface area contributed by atoms with Crippen molar-refractivity contribution in [3.05, 3.63) is 34.0 Å². The predicted octanol–water partition coefficient (Wildman–Crippen LogP) is 4.60. The van der Waals surface area contributed by atoms with Gasteiger partial charge in [0.2, 0.25) is 0 Å². The van der Waals surface area contributed by atoms with Crippen LogP contribution in [0.15, 0.2) is 22.9 Å². The van der Waals surface area contributed by atoms with Gasteiger partial charge in [-0.25, -0.2) is 0 Å². The largest absolute Gasteiger partial charge is 0.143 e. The Balaban J connectivity index is 2.29. The molecule has 0 saturated carbocycles. The van der Waals surface area contributed by atoms with Crippen LogP contribution in [0, 0.1) is 0 Å². The van der Waals surface area contributed by atoms with Crippen LogP contribution in [0.5, 0.6) is 0 Å². The highest BCUT2D eigenvalue weighted by Gasteiger charge is 2.04. The number of rotatable bonds is 3. The summed E-state index contributed by atoms with van der Waals surface area (Å²) in [5.74, 6) is 0. The first kappa shape index (κ1) is 9.94. The van der Waals surface area contributed by atoms with Gasteiger partial charge in [0.15, 0.2) is 0 Å². The zero-order valence-electron chi connectivity index (χ0n) is 8.54. The minimum atomic E-state index is 1.14. The minimum absolute atomic E-state index is 1.14. The Hall–Kier alpha value is -0.600. The molecular formula is C12H14S2. The van der Waals surface area contributed by atoms with E-state index < -0.39 is 0 Å². The Labute approximate surface area is 93.2 Å². The number of hydrogen-bond acceptors (Lipinski definition) is 2. The van der Waals surface area contributed by atoms with Crippen molar-refractivity contribution in [1.29, 1.82) is 0 Å². The van der Waals surface area contributed by atoms with Gasteiger partial charge in [-0.1, -0.05) is 13.8 Å². The van der Waals surface area contributed by atoms with Crippen molar-refractivity contribution < 1.29 is 0 Å². The molecule has 0 N–H and O–H groups in total. The van der Waals surface area contributed by atoms with Crippen molar-refractivity contribution in [2.24, 2.45) is 0 Å². The minimum Gasteiger partial charge on any atom is -0.143 e. The molecule has 2 rings (SSSR count).